The quantitative estimate of drug-likeness (QED) is 0.501. The zero-order valence-corrected chi connectivity index (χ0v) is 13.6. The molecule has 126 valence electrons. The Hall–Kier alpha value is -2.26. The van der Waals surface area contributed by atoms with Gasteiger partial charge in [0.05, 0.1) is 11.3 Å². The highest BCUT2D eigenvalue weighted by Crippen LogP contribution is 2.11. The Bertz CT molecular complexity index is 699. The van der Waals surface area contributed by atoms with Crippen molar-refractivity contribution in [1.29, 1.82) is 0 Å². The van der Waals surface area contributed by atoms with Gasteiger partial charge in [-0.25, -0.2) is 13.1 Å². The highest BCUT2D eigenvalue weighted by atomic mass is 32.2. The Morgan fingerprint density at radius 3 is 2.52 bits per heavy atom. The van der Waals surface area contributed by atoms with Crippen LogP contribution in [0.2, 0.25) is 0 Å². The van der Waals surface area contributed by atoms with Crippen LogP contribution in [0.25, 0.3) is 0 Å². The van der Waals surface area contributed by atoms with E-state index < -0.39 is 28.5 Å². The molecule has 1 aromatic carbocycles. The van der Waals surface area contributed by atoms with Gasteiger partial charge in [-0.3, -0.25) is 14.4 Å². The van der Waals surface area contributed by atoms with Gasteiger partial charge >= 0.3 is 5.97 Å². The molecule has 0 saturated heterocycles. The summed E-state index contributed by atoms with van der Waals surface area (Å²) >= 11 is 0. The molecule has 0 aliphatic rings. The Labute approximate surface area is 134 Å². The Balaban J connectivity index is 2.56. The summed E-state index contributed by atoms with van der Waals surface area (Å²) in [6.07, 6.45) is -0.220. The summed E-state index contributed by atoms with van der Waals surface area (Å²) in [6.45, 7) is 0.740. The van der Waals surface area contributed by atoms with Crippen LogP contribution in [0.3, 0.4) is 0 Å². The topological polar surface area (TPSA) is 119 Å². The molecular weight excluding hydrogens is 324 g/mol. The number of rotatable bonds is 8. The van der Waals surface area contributed by atoms with Gasteiger partial charge in [0.25, 0.3) is 5.91 Å². The van der Waals surface area contributed by atoms with Gasteiger partial charge < -0.3 is 10.1 Å². The largest absolute Gasteiger partial charge is 0.456 e. The standard InChI is InChI=1S/C14H18N2O6S/c1-10(17)11-4-3-5-12(8-11)23(20,21)16-7-6-14(19)22-9-13(18)15-2/h3-5,8,16H,6-7,9H2,1-2H3,(H,15,18). The lowest BCUT2D eigenvalue weighted by Crippen LogP contribution is -2.29. The minimum absolute atomic E-state index is 0.0658. The number of likely N-dealkylation sites (N-methyl/N-ethyl adjacent to an activating group) is 1. The number of hydrogen-bond acceptors (Lipinski definition) is 6. The van der Waals surface area contributed by atoms with E-state index in [1.807, 2.05) is 0 Å². The first-order chi connectivity index (χ1) is 10.8. The van der Waals surface area contributed by atoms with Crippen LogP contribution in [0, 0.1) is 0 Å². The normalized spacial score (nSPS) is 10.9. The van der Waals surface area contributed by atoms with E-state index >= 15 is 0 Å². The Kier molecular flexibility index (Phi) is 6.86. The lowest BCUT2D eigenvalue weighted by Gasteiger charge is -2.08. The van der Waals surface area contributed by atoms with E-state index in [1.54, 1.807) is 0 Å². The maximum atomic E-state index is 12.1. The van der Waals surface area contributed by atoms with Crippen molar-refractivity contribution in [1.82, 2.24) is 10.0 Å². The fourth-order valence-electron chi connectivity index (χ4n) is 1.54. The van der Waals surface area contributed by atoms with Crippen LogP contribution in [0.15, 0.2) is 29.2 Å². The third-order valence-electron chi connectivity index (χ3n) is 2.82. The molecule has 9 heteroatoms. The SMILES string of the molecule is CNC(=O)COC(=O)CCNS(=O)(=O)c1cccc(C(C)=O)c1. The fraction of sp³-hybridized carbons (Fsp3) is 0.357. The van der Waals surface area contributed by atoms with E-state index in [2.05, 4.69) is 14.8 Å². The number of amides is 1. The lowest BCUT2D eigenvalue weighted by molar-refractivity contribution is -0.148. The van der Waals surface area contributed by atoms with Crippen LogP contribution >= 0.6 is 0 Å². The zero-order chi connectivity index (χ0) is 17.5. The highest BCUT2D eigenvalue weighted by Gasteiger charge is 2.16. The van der Waals surface area contributed by atoms with E-state index in [0.29, 0.717) is 0 Å². The number of ketones is 1. The molecule has 0 heterocycles. The van der Waals surface area contributed by atoms with Crippen molar-refractivity contribution >= 4 is 27.7 Å². The predicted molar refractivity (Wildman–Crippen MR) is 81.3 cm³/mol. The number of sulfonamides is 1. The second-order valence-electron chi connectivity index (χ2n) is 4.57. The third-order valence-corrected chi connectivity index (χ3v) is 4.27. The van der Waals surface area contributed by atoms with Crippen molar-refractivity contribution in [2.45, 2.75) is 18.2 Å². The summed E-state index contributed by atoms with van der Waals surface area (Å²) < 4.78 is 31.0. The lowest BCUT2D eigenvalue weighted by atomic mass is 10.2. The molecule has 0 saturated carbocycles. The van der Waals surface area contributed by atoms with Crippen molar-refractivity contribution in [2.75, 3.05) is 20.2 Å². The van der Waals surface area contributed by atoms with E-state index in [1.165, 1.54) is 38.2 Å². The van der Waals surface area contributed by atoms with E-state index in [4.69, 9.17) is 0 Å². The summed E-state index contributed by atoms with van der Waals surface area (Å²) in [5.74, 6) is -1.41. The van der Waals surface area contributed by atoms with Crippen molar-refractivity contribution in [3.63, 3.8) is 0 Å². The van der Waals surface area contributed by atoms with Crippen molar-refractivity contribution < 1.29 is 27.5 Å². The van der Waals surface area contributed by atoms with Gasteiger partial charge in [-0.15, -0.1) is 0 Å². The fourth-order valence-corrected chi connectivity index (χ4v) is 2.62. The number of hydrogen-bond donors (Lipinski definition) is 2. The van der Waals surface area contributed by atoms with Crippen LogP contribution < -0.4 is 10.0 Å². The molecule has 0 radical (unpaired) electrons. The number of Topliss-reactive ketones (excluding diaryl/α,β-unsaturated/α-hetero) is 1. The van der Waals surface area contributed by atoms with E-state index in [-0.39, 0.29) is 29.2 Å². The molecule has 1 aromatic rings. The second kappa shape index (κ2) is 8.39. The minimum atomic E-state index is -3.84. The molecule has 8 nitrogen and oxygen atoms in total. The summed E-state index contributed by atoms with van der Waals surface area (Å²) in [5.41, 5.74) is 0.276. The molecule has 0 aromatic heterocycles. The van der Waals surface area contributed by atoms with Crippen molar-refractivity contribution in [2.24, 2.45) is 0 Å². The minimum Gasteiger partial charge on any atom is -0.456 e. The van der Waals surface area contributed by atoms with Crippen LogP contribution in [0.4, 0.5) is 0 Å². The smallest absolute Gasteiger partial charge is 0.307 e. The van der Waals surface area contributed by atoms with E-state index in [0.717, 1.165) is 0 Å². The van der Waals surface area contributed by atoms with Crippen LogP contribution in [0.1, 0.15) is 23.7 Å². The zero-order valence-electron chi connectivity index (χ0n) is 12.8. The molecule has 0 aliphatic carbocycles. The van der Waals surface area contributed by atoms with Gasteiger partial charge in [-0.1, -0.05) is 12.1 Å². The molecule has 0 unspecified atom stereocenters. The number of esters is 1. The van der Waals surface area contributed by atoms with Crippen LogP contribution in [-0.2, 0) is 24.3 Å². The number of ether oxygens (including phenoxy) is 1. The first kappa shape index (κ1) is 18.8. The van der Waals surface area contributed by atoms with Gasteiger partial charge in [0, 0.05) is 19.2 Å². The molecule has 0 atom stereocenters. The summed E-state index contributed by atoms with van der Waals surface area (Å²) in [5, 5.41) is 2.28. The molecule has 0 fully saturated rings. The number of benzene rings is 1. The van der Waals surface area contributed by atoms with Gasteiger partial charge in [0.1, 0.15) is 0 Å². The van der Waals surface area contributed by atoms with Gasteiger partial charge in [0.15, 0.2) is 12.4 Å². The van der Waals surface area contributed by atoms with E-state index in [9.17, 15) is 22.8 Å². The van der Waals surface area contributed by atoms with Gasteiger partial charge in [0.2, 0.25) is 10.0 Å². The average molecular weight is 342 g/mol. The molecule has 2 N–H and O–H groups in total. The summed E-state index contributed by atoms with van der Waals surface area (Å²) in [7, 11) is -2.43. The maximum Gasteiger partial charge on any atom is 0.307 e. The molecule has 1 rings (SSSR count). The molecule has 0 aliphatic heterocycles. The first-order valence-electron chi connectivity index (χ1n) is 6.73. The number of carbonyl (C=O) groups excluding carboxylic acids is 3. The second-order valence-corrected chi connectivity index (χ2v) is 6.33. The van der Waals surface area contributed by atoms with Crippen molar-refractivity contribution in [3.05, 3.63) is 29.8 Å². The monoisotopic (exact) mass is 342 g/mol. The van der Waals surface area contributed by atoms with Gasteiger partial charge in [-0.05, 0) is 19.1 Å². The Morgan fingerprint density at radius 1 is 1.22 bits per heavy atom. The molecule has 0 bridgehead atoms. The predicted octanol–water partition coefficient (Wildman–Crippen LogP) is -0.153. The number of nitrogens with one attached hydrogen (secondary N) is 2. The molecule has 23 heavy (non-hydrogen) atoms. The number of carbonyl (C=O) groups is 3. The molecular formula is C14H18N2O6S. The van der Waals surface area contributed by atoms with Crippen LogP contribution in [-0.4, -0.2) is 46.3 Å². The maximum absolute atomic E-state index is 12.1. The van der Waals surface area contributed by atoms with Crippen molar-refractivity contribution in [3.8, 4) is 0 Å². The first-order valence-corrected chi connectivity index (χ1v) is 8.21. The third kappa shape index (κ3) is 6.17. The molecule has 1 amide bonds. The van der Waals surface area contributed by atoms with Gasteiger partial charge in [-0.2, -0.15) is 0 Å². The summed E-state index contributed by atoms with van der Waals surface area (Å²) in [6, 6.07) is 5.58. The Morgan fingerprint density at radius 2 is 1.91 bits per heavy atom. The van der Waals surface area contributed by atoms with Crippen LogP contribution in [0.5, 0.6) is 0 Å². The average Bonchev–Trinajstić information content (AvgIpc) is 2.52. The molecule has 0 spiro atoms. The summed E-state index contributed by atoms with van der Waals surface area (Å²) in [4.78, 5) is 33.4. The highest BCUT2D eigenvalue weighted by molar-refractivity contribution is 7.89.